The molecule has 1 rings (SSSR count). The minimum absolute atomic E-state index is 0. The second-order valence-corrected chi connectivity index (χ2v) is 5.69. The van der Waals surface area contributed by atoms with Gasteiger partial charge < -0.3 is 15.5 Å². The average Bonchev–Trinajstić information content (AvgIpc) is 2.97. The van der Waals surface area contributed by atoms with Gasteiger partial charge in [-0.3, -0.25) is 4.79 Å². The van der Waals surface area contributed by atoms with Crippen molar-refractivity contribution in [2.75, 3.05) is 27.2 Å². The van der Waals surface area contributed by atoms with Crippen molar-refractivity contribution in [3.05, 3.63) is 0 Å². The summed E-state index contributed by atoms with van der Waals surface area (Å²) in [7, 11) is 3.49. The molecule has 0 saturated heterocycles. The van der Waals surface area contributed by atoms with Crippen LogP contribution in [0.5, 0.6) is 0 Å². The van der Waals surface area contributed by atoms with Crippen LogP contribution < -0.4 is 10.6 Å². The Balaban J connectivity index is 0.00000324. The van der Waals surface area contributed by atoms with Crippen LogP contribution >= 0.6 is 24.0 Å². The van der Waals surface area contributed by atoms with E-state index in [0.717, 1.165) is 12.5 Å². The van der Waals surface area contributed by atoms with Gasteiger partial charge in [0.2, 0.25) is 5.91 Å². The van der Waals surface area contributed by atoms with Crippen molar-refractivity contribution >= 4 is 35.8 Å². The fraction of sp³-hybridized carbons (Fsp3) is 0.846. The van der Waals surface area contributed by atoms with Crippen LogP contribution in [0.4, 0.5) is 0 Å². The molecule has 6 heteroatoms. The van der Waals surface area contributed by atoms with Gasteiger partial charge in [0, 0.05) is 26.7 Å². The smallest absolute Gasteiger partial charge is 0.243 e. The van der Waals surface area contributed by atoms with Gasteiger partial charge in [0.05, 0.1) is 0 Å². The Kier molecular flexibility index (Phi) is 8.36. The first-order chi connectivity index (χ1) is 8.40. The number of nitrogens with one attached hydrogen (secondary N) is 2. The highest BCUT2D eigenvalue weighted by Crippen LogP contribution is 2.28. The minimum Gasteiger partial charge on any atom is -0.356 e. The molecule has 0 heterocycles. The molecule has 0 aromatic carbocycles. The van der Waals surface area contributed by atoms with Gasteiger partial charge in [-0.1, -0.05) is 20.8 Å². The molecule has 1 aliphatic carbocycles. The maximum Gasteiger partial charge on any atom is 0.243 e. The standard InChI is InChI=1S/C13H26N4O.HI/c1-9(2)7-14-13(16-11-6-10(11)3)15-8-12(18)17(4)5;/h9-11H,6-8H2,1-5H3,(H2,14,15,16);1H. The summed E-state index contributed by atoms with van der Waals surface area (Å²) in [5.74, 6) is 2.04. The number of carbonyl (C=O) groups excluding carboxylic acids is 1. The molecule has 0 radical (unpaired) electrons. The molecule has 2 atom stereocenters. The Morgan fingerprint density at radius 2 is 2.00 bits per heavy atom. The molecule has 0 aromatic rings. The molecule has 2 unspecified atom stereocenters. The van der Waals surface area contributed by atoms with Crippen molar-refractivity contribution < 1.29 is 4.79 Å². The summed E-state index contributed by atoms with van der Waals surface area (Å²) in [5, 5.41) is 6.63. The molecule has 1 fully saturated rings. The normalized spacial score (nSPS) is 21.7. The van der Waals surface area contributed by atoms with Gasteiger partial charge >= 0.3 is 0 Å². The monoisotopic (exact) mass is 382 g/mol. The van der Waals surface area contributed by atoms with Crippen LogP contribution in [-0.4, -0.2) is 50.0 Å². The second-order valence-electron chi connectivity index (χ2n) is 5.69. The van der Waals surface area contributed by atoms with Crippen molar-refractivity contribution in [2.24, 2.45) is 16.8 Å². The van der Waals surface area contributed by atoms with E-state index in [4.69, 9.17) is 0 Å². The number of guanidine groups is 1. The first-order valence-electron chi connectivity index (χ1n) is 6.65. The number of nitrogens with zero attached hydrogens (tertiary/aromatic N) is 2. The van der Waals surface area contributed by atoms with E-state index in [1.807, 2.05) is 0 Å². The molecular weight excluding hydrogens is 355 g/mol. The molecule has 1 aliphatic rings. The van der Waals surface area contributed by atoms with E-state index in [9.17, 15) is 4.79 Å². The summed E-state index contributed by atoms with van der Waals surface area (Å²) in [6.07, 6.45) is 1.18. The number of likely N-dealkylation sites (N-methyl/N-ethyl adjacent to an activating group) is 1. The minimum atomic E-state index is 0. The Morgan fingerprint density at radius 1 is 1.42 bits per heavy atom. The van der Waals surface area contributed by atoms with Crippen molar-refractivity contribution in [1.82, 2.24) is 15.5 Å². The lowest BCUT2D eigenvalue weighted by molar-refractivity contribution is -0.127. The Labute approximate surface area is 133 Å². The first kappa shape index (κ1) is 18.5. The molecule has 1 saturated carbocycles. The van der Waals surface area contributed by atoms with E-state index >= 15 is 0 Å². The van der Waals surface area contributed by atoms with Gasteiger partial charge in [0.15, 0.2) is 5.96 Å². The fourth-order valence-corrected chi connectivity index (χ4v) is 1.44. The molecule has 2 N–H and O–H groups in total. The van der Waals surface area contributed by atoms with Gasteiger partial charge in [0.1, 0.15) is 6.54 Å². The zero-order valence-electron chi connectivity index (χ0n) is 12.6. The number of amides is 1. The van der Waals surface area contributed by atoms with Gasteiger partial charge in [0.25, 0.3) is 0 Å². The van der Waals surface area contributed by atoms with Crippen LogP contribution in [0.15, 0.2) is 4.99 Å². The molecule has 112 valence electrons. The van der Waals surface area contributed by atoms with Crippen molar-refractivity contribution in [3.8, 4) is 0 Å². The first-order valence-corrected chi connectivity index (χ1v) is 6.65. The largest absolute Gasteiger partial charge is 0.356 e. The lowest BCUT2D eigenvalue weighted by Gasteiger charge is -2.14. The quantitative estimate of drug-likeness (QED) is 0.428. The van der Waals surface area contributed by atoms with E-state index in [1.54, 1.807) is 19.0 Å². The SMILES string of the molecule is CC(C)CNC(=NCC(=O)N(C)C)NC1CC1C.I. The van der Waals surface area contributed by atoms with E-state index < -0.39 is 0 Å². The number of aliphatic imine (C=N–C) groups is 1. The topological polar surface area (TPSA) is 56.7 Å². The molecule has 0 aliphatic heterocycles. The number of hydrogen-bond acceptors (Lipinski definition) is 2. The summed E-state index contributed by atoms with van der Waals surface area (Å²) >= 11 is 0. The number of halogens is 1. The maximum atomic E-state index is 11.5. The Bertz CT molecular complexity index is 318. The predicted molar refractivity (Wildman–Crippen MR) is 90.0 cm³/mol. The molecule has 0 aromatic heterocycles. The van der Waals surface area contributed by atoms with Crippen LogP contribution in [0.3, 0.4) is 0 Å². The van der Waals surface area contributed by atoms with Crippen LogP contribution in [0.2, 0.25) is 0 Å². The van der Waals surface area contributed by atoms with Crippen LogP contribution in [0.25, 0.3) is 0 Å². The van der Waals surface area contributed by atoms with E-state index in [2.05, 4.69) is 36.4 Å². The summed E-state index contributed by atoms with van der Waals surface area (Å²) < 4.78 is 0. The summed E-state index contributed by atoms with van der Waals surface area (Å²) in [5.41, 5.74) is 0. The average molecular weight is 382 g/mol. The van der Waals surface area contributed by atoms with Gasteiger partial charge in [-0.05, 0) is 18.3 Å². The number of carbonyl (C=O) groups is 1. The third-order valence-corrected chi connectivity index (χ3v) is 2.98. The fourth-order valence-electron chi connectivity index (χ4n) is 1.44. The van der Waals surface area contributed by atoms with Crippen LogP contribution in [0.1, 0.15) is 27.2 Å². The second kappa shape index (κ2) is 8.60. The number of rotatable bonds is 5. The zero-order chi connectivity index (χ0) is 13.7. The Morgan fingerprint density at radius 3 is 2.42 bits per heavy atom. The molecule has 0 bridgehead atoms. The van der Waals surface area contributed by atoms with Gasteiger partial charge in [-0.15, -0.1) is 24.0 Å². The summed E-state index contributed by atoms with van der Waals surface area (Å²) in [6.45, 7) is 7.57. The predicted octanol–water partition coefficient (Wildman–Crippen LogP) is 1.29. The Hall–Kier alpha value is -0.530. The molecular formula is C13H27IN4O. The summed E-state index contributed by atoms with van der Waals surface area (Å²) in [6, 6.07) is 0.512. The highest BCUT2D eigenvalue weighted by atomic mass is 127. The molecule has 0 spiro atoms. The molecule has 5 nitrogen and oxygen atoms in total. The number of hydrogen-bond donors (Lipinski definition) is 2. The van der Waals surface area contributed by atoms with Crippen LogP contribution in [-0.2, 0) is 4.79 Å². The third-order valence-electron chi connectivity index (χ3n) is 2.98. The maximum absolute atomic E-state index is 11.5. The zero-order valence-corrected chi connectivity index (χ0v) is 14.9. The van der Waals surface area contributed by atoms with Gasteiger partial charge in [-0.25, -0.2) is 4.99 Å². The third kappa shape index (κ3) is 7.59. The van der Waals surface area contributed by atoms with E-state index in [1.165, 1.54) is 6.42 Å². The molecule has 19 heavy (non-hydrogen) atoms. The van der Waals surface area contributed by atoms with E-state index in [-0.39, 0.29) is 36.4 Å². The lowest BCUT2D eigenvalue weighted by Crippen LogP contribution is -2.41. The highest BCUT2D eigenvalue weighted by molar-refractivity contribution is 14.0. The highest BCUT2D eigenvalue weighted by Gasteiger charge is 2.33. The molecule has 1 amide bonds. The summed E-state index contributed by atoms with van der Waals surface area (Å²) in [4.78, 5) is 17.4. The van der Waals surface area contributed by atoms with Crippen molar-refractivity contribution in [1.29, 1.82) is 0 Å². The van der Waals surface area contributed by atoms with Crippen molar-refractivity contribution in [3.63, 3.8) is 0 Å². The van der Waals surface area contributed by atoms with Crippen molar-refractivity contribution in [2.45, 2.75) is 33.2 Å². The van der Waals surface area contributed by atoms with Gasteiger partial charge in [-0.2, -0.15) is 0 Å². The van der Waals surface area contributed by atoms with E-state index in [0.29, 0.717) is 17.9 Å². The van der Waals surface area contributed by atoms with Crippen LogP contribution in [0, 0.1) is 11.8 Å². The lowest BCUT2D eigenvalue weighted by atomic mass is 10.2.